The Hall–Kier alpha value is -1.52. The Labute approximate surface area is 111 Å². The molecule has 2 aromatic heterocycles. The molecule has 0 radical (unpaired) electrons. The first-order valence-corrected chi connectivity index (χ1v) is 6.06. The van der Waals surface area contributed by atoms with E-state index in [2.05, 4.69) is 9.88 Å². The molecule has 0 unspecified atom stereocenters. The lowest BCUT2D eigenvalue weighted by Gasteiger charge is -2.16. The van der Waals surface area contributed by atoms with Crippen LogP contribution in [0.4, 0.5) is 5.82 Å². The first-order valence-electron chi connectivity index (χ1n) is 5.68. The number of anilines is 1. The van der Waals surface area contributed by atoms with Gasteiger partial charge in [-0.05, 0) is 32.2 Å². The van der Waals surface area contributed by atoms with Gasteiger partial charge in [-0.1, -0.05) is 11.6 Å². The number of rotatable bonds is 4. The van der Waals surface area contributed by atoms with Crippen LogP contribution in [0.3, 0.4) is 0 Å². The van der Waals surface area contributed by atoms with Gasteiger partial charge < -0.3 is 10.2 Å². The van der Waals surface area contributed by atoms with Crippen molar-refractivity contribution >= 4 is 17.4 Å². The van der Waals surface area contributed by atoms with Crippen LogP contribution < -0.4 is 5.73 Å². The number of halogens is 1. The van der Waals surface area contributed by atoms with Crippen LogP contribution >= 0.6 is 11.6 Å². The Morgan fingerprint density at radius 2 is 2.11 bits per heavy atom. The van der Waals surface area contributed by atoms with Crippen molar-refractivity contribution in [2.75, 3.05) is 12.8 Å². The van der Waals surface area contributed by atoms with Crippen LogP contribution in [0.2, 0.25) is 5.02 Å². The lowest BCUT2D eigenvalue weighted by atomic mass is 10.2. The summed E-state index contributed by atoms with van der Waals surface area (Å²) in [5.74, 6) is 1.43. The lowest BCUT2D eigenvalue weighted by molar-refractivity contribution is 0.312. The van der Waals surface area contributed by atoms with Gasteiger partial charge in [0.1, 0.15) is 11.6 Å². The second kappa shape index (κ2) is 5.42. The van der Waals surface area contributed by atoms with Gasteiger partial charge in [0.05, 0.1) is 17.0 Å². The number of hydrogen-bond acceptors (Lipinski definition) is 4. The monoisotopic (exact) mass is 265 g/mol. The summed E-state index contributed by atoms with van der Waals surface area (Å²) in [4.78, 5) is 6.36. The molecule has 4 nitrogen and oxygen atoms in total. The van der Waals surface area contributed by atoms with Crippen molar-refractivity contribution in [3.05, 3.63) is 46.5 Å². The summed E-state index contributed by atoms with van der Waals surface area (Å²) in [6.45, 7) is 3.39. The third-order valence-corrected chi connectivity index (χ3v) is 3.11. The molecule has 0 spiro atoms. The number of nitrogens with zero attached hydrogens (tertiary/aromatic N) is 2. The average molecular weight is 266 g/mol. The van der Waals surface area contributed by atoms with E-state index in [1.165, 1.54) is 0 Å². The molecule has 0 atom stereocenters. The topological polar surface area (TPSA) is 55.3 Å². The summed E-state index contributed by atoms with van der Waals surface area (Å²) in [5.41, 5.74) is 7.62. The van der Waals surface area contributed by atoms with Crippen LogP contribution in [0.15, 0.2) is 28.9 Å². The summed E-state index contributed by atoms with van der Waals surface area (Å²) >= 11 is 6.09. The maximum atomic E-state index is 6.09. The van der Waals surface area contributed by atoms with Crippen molar-refractivity contribution in [2.45, 2.75) is 20.0 Å². The molecule has 0 aliphatic rings. The summed E-state index contributed by atoms with van der Waals surface area (Å²) in [5, 5.41) is 0.639. The third kappa shape index (κ3) is 3.03. The second-order valence-corrected chi connectivity index (χ2v) is 4.75. The minimum atomic E-state index is 0.488. The van der Waals surface area contributed by atoms with E-state index in [0.29, 0.717) is 17.4 Å². The summed E-state index contributed by atoms with van der Waals surface area (Å²) < 4.78 is 5.27. The van der Waals surface area contributed by atoms with Gasteiger partial charge in [-0.25, -0.2) is 4.98 Å². The van der Waals surface area contributed by atoms with Gasteiger partial charge in [-0.2, -0.15) is 0 Å². The molecular formula is C13H16ClN3O. The van der Waals surface area contributed by atoms with E-state index in [-0.39, 0.29) is 0 Å². The van der Waals surface area contributed by atoms with Crippen molar-refractivity contribution in [2.24, 2.45) is 0 Å². The van der Waals surface area contributed by atoms with Gasteiger partial charge in [0.25, 0.3) is 0 Å². The van der Waals surface area contributed by atoms with Crippen LogP contribution in [0, 0.1) is 6.92 Å². The average Bonchev–Trinajstić information content (AvgIpc) is 2.70. The summed E-state index contributed by atoms with van der Waals surface area (Å²) in [7, 11) is 2.01. The fourth-order valence-corrected chi connectivity index (χ4v) is 1.95. The van der Waals surface area contributed by atoms with Crippen LogP contribution in [0.25, 0.3) is 0 Å². The highest BCUT2D eigenvalue weighted by atomic mass is 35.5. The zero-order chi connectivity index (χ0) is 13.1. The molecule has 0 fully saturated rings. The summed E-state index contributed by atoms with van der Waals surface area (Å²) in [6, 6.07) is 5.45. The molecule has 0 aliphatic heterocycles. The molecule has 2 rings (SSSR count). The molecule has 5 heteroatoms. The highest BCUT2D eigenvalue weighted by molar-refractivity contribution is 6.31. The van der Waals surface area contributed by atoms with Gasteiger partial charge in [-0.15, -0.1) is 0 Å². The number of pyridine rings is 1. The van der Waals surface area contributed by atoms with Crippen LogP contribution in [0.5, 0.6) is 0 Å². The Morgan fingerprint density at radius 1 is 1.33 bits per heavy atom. The van der Waals surface area contributed by atoms with Gasteiger partial charge in [0, 0.05) is 18.7 Å². The van der Waals surface area contributed by atoms with Gasteiger partial charge >= 0.3 is 0 Å². The van der Waals surface area contributed by atoms with E-state index in [9.17, 15) is 0 Å². The van der Waals surface area contributed by atoms with Crippen molar-refractivity contribution in [1.29, 1.82) is 0 Å². The van der Waals surface area contributed by atoms with Crippen molar-refractivity contribution in [1.82, 2.24) is 9.88 Å². The van der Waals surface area contributed by atoms with Crippen molar-refractivity contribution in [3.8, 4) is 0 Å². The standard InChI is InChI=1S/C13H16ClN3O/c1-9-10(5-6-18-9)7-17(2)8-12-11(14)3-4-13(15)16-12/h3-6H,7-8H2,1-2H3,(H2,15,16). The molecule has 2 N–H and O–H groups in total. The number of nitrogens with two attached hydrogens (primary N) is 1. The first-order chi connectivity index (χ1) is 8.56. The van der Waals surface area contributed by atoms with Crippen LogP contribution in [-0.4, -0.2) is 16.9 Å². The minimum absolute atomic E-state index is 0.488. The van der Waals surface area contributed by atoms with E-state index < -0.39 is 0 Å². The van der Waals surface area contributed by atoms with E-state index in [0.717, 1.165) is 23.6 Å². The van der Waals surface area contributed by atoms with Crippen molar-refractivity contribution < 1.29 is 4.42 Å². The van der Waals surface area contributed by atoms with Crippen LogP contribution in [0.1, 0.15) is 17.0 Å². The quantitative estimate of drug-likeness (QED) is 0.924. The molecule has 2 aromatic rings. The fourth-order valence-electron chi connectivity index (χ4n) is 1.79. The molecule has 0 bridgehead atoms. The molecule has 2 heterocycles. The van der Waals surface area contributed by atoms with E-state index in [1.807, 2.05) is 20.0 Å². The second-order valence-electron chi connectivity index (χ2n) is 4.34. The molecule has 18 heavy (non-hydrogen) atoms. The molecule has 0 saturated heterocycles. The lowest BCUT2D eigenvalue weighted by Crippen LogP contribution is -2.18. The van der Waals surface area contributed by atoms with Crippen LogP contribution in [-0.2, 0) is 13.1 Å². The van der Waals surface area contributed by atoms with E-state index >= 15 is 0 Å². The predicted molar refractivity (Wildman–Crippen MR) is 72.3 cm³/mol. The maximum absolute atomic E-state index is 6.09. The number of aromatic nitrogens is 1. The molecule has 96 valence electrons. The molecule has 0 aromatic carbocycles. The SMILES string of the molecule is Cc1occc1CN(C)Cc1nc(N)ccc1Cl. The maximum Gasteiger partial charge on any atom is 0.123 e. The Balaban J connectivity index is 2.05. The Bertz CT molecular complexity index is 539. The fraction of sp³-hybridized carbons (Fsp3) is 0.308. The predicted octanol–water partition coefficient (Wildman–Crippen LogP) is 2.85. The zero-order valence-electron chi connectivity index (χ0n) is 10.5. The third-order valence-electron chi connectivity index (χ3n) is 2.77. The Morgan fingerprint density at radius 3 is 2.78 bits per heavy atom. The molecule has 0 saturated carbocycles. The number of furan rings is 1. The highest BCUT2D eigenvalue weighted by Gasteiger charge is 2.09. The number of hydrogen-bond donors (Lipinski definition) is 1. The van der Waals surface area contributed by atoms with Gasteiger partial charge in [-0.3, -0.25) is 4.90 Å². The van der Waals surface area contributed by atoms with Gasteiger partial charge in [0.15, 0.2) is 0 Å². The molecular weight excluding hydrogens is 250 g/mol. The number of nitrogen functional groups attached to an aromatic ring is 1. The molecule has 0 amide bonds. The highest BCUT2D eigenvalue weighted by Crippen LogP contribution is 2.18. The first kappa shape index (κ1) is 12.9. The zero-order valence-corrected chi connectivity index (χ0v) is 11.2. The minimum Gasteiger partial charge on any atom is -0.469 e. The smallest absolute Gasteiger partial charge is 0.123 e. The molecule has 0 aliphatic carbocycles. The van der Waals surface area contributed by atoms with E-state index in [4.69, 9.17) is 21.8 Å². The number of aryl methyl sites for hydroxylation is 1. The largest absolute Gasteiger partial charge is 0.469 e. The Kier molecular flexibility index (Phi) is 3.89. The van der Waals surface area contributed by atoms with Gasteiger partial charge in [0.2, 0.25) is 0 Å². The van der Waals surface area contributed by atoms with Crippen molar-refractivity contribution in [3.63, 3.8) is 0 Å². The summed E-state index contributed by atoms with van der Waals surface area (Å²) in [6.07, 6.45) is 1.70. The van der Waals surface area contributed by atoms with E-state index in [1.54, 1.807) is 18.4 Å². The normalized spacial score (nSPS) is 11.1.